The van der Waals surface area contributed by atoms with Crippen molar-refractivity contribution in [3.8, 4) is 11.5 Å². The molecule has 1 aromatic rings. The maximum absolute atomic E-state index is 12.4. The van der Waals surface area contributed by atoms with E-state index in [-0.39, 0.29) is 17.0 Å². The third kappa shape index (κ3) is 3.88. The van der Waals surface area contributed by atoms with Gasteiger partial charge >= 0.3 is 5.97 Å². The molecule has 0 heterocycles. The SMILES string of the molecule is COc1cc(C(=O)N[C@H]2CCCC[C@H]2C(=O)O)cc(Cl)c1OC. The smallest absolute Gasteiger partial charge is 0.308 e. The lowest BCUT2D eigenvalue weighted by molar-refractivity contribution is -0.143. The molecule has 2 N–H and O–H groups in total. The Morgan fingerprint density at radius 3 is 2.52 bits per heavy atom. The Hall–Kier alpha value is -1.95. The summed E-state index contributed by atoms with van der Waals surface area (Å²) in [5.74, 6) is -1.09. The second-order valence-electron chi connectivity index (χ2n) is 5.50. The number of halogens is 1. The van der Waals surface area contributed by atoms with E-state index in [9.17, 15) is 14.7 Å². The van der Waals surface area contributed by atoms with Crippen LogP contribution in [-0.2, 0) is 4.79 Å². The molecule has 0 unspecified atom stereocenters. The van der Waals surface area contributed by atoms with Crippen molar-refractivity contribution in [1.29, 1.82) is 0 Å². The summed E-state index contributed by atoms with van der Waals surface area (Å²) < 4.78 is 10.3. The Bertz CT molecular complexity index is 604. The molecular formula is C16H20ClNO5. The van der Waals surface area contributed by atoms with Crippen molar-refractivity contribution < 1.29 is 24.2 Å². The van der Waals surface area contributed by atoms with Crippen LogP contribution in [0.3, 0.4) is 0 Å². The number of carbonyl (C=O) groups excluding carboxylic acids is 1. The minimum atomic E-state index is -0.875. The van der Waals surface area contributed by atoms with Crippen LogP contribution in [0.25, 0.3) is 0 Å². The van der Waals surface area contributed by atoms with E-state index in [0.29, 0.717) is 29.9 Å². The number of amides is 1. The molecule has 0 aliphatic heterocycles. The van der Waals surface area contributed by atoms with Crippen molar-refractivity contribution in [2.24, 2.45) is 5.92 Å². The molecule has 126 valence electrons. The van der Waals surface area contributed by atoms with Gasteiger partial charge in [0.25, 0.3) is 5.91 Å². The fourth-order valence-electron chi connectivity index (χ4n) is 2.90. The van der Waals surface area contributed by atoms with E-state index < -0.39 is 11.9 Å². The molecule has 0 saturated heterocycles. The second kappa shape index (κ2) is 7.55. The first-order valence-corrected chi connectivity index (χ1v) is 7.81. The summed E-state index contributed by atoms with van der Waals surface area (Å²) in [4.78, 5) is 23.8. The van der Waals surface area contributed by atoms with E-state index in [2.05, 4.69) is 5.32 Å². The molecule has 7 heteroatoms. The standard InChI is InChI=1S/C16H20ClNO5/c1-22-13-8-9(7-11(17)14(13)23-2)15(19)18-12-6-4-3-5-10(12)16(20)21/h7-8,10,12H,3-6H2,1-2H3,(H,18,19)(H,20,21)/t10-,12+/m1/s1. The first-order valence-electron chi connectivity index (χ1n) is 7.43. The number of hydrogen-bond donors (Lipinski definition) is 2. The van der Waals surface area contributed by atoms with Crippen molar-refractivity contribution in [2.45, 2.75) is 31.7 Å². The quantitative estimate of drug-likeness (QED) is 0.860. The lowest BCUT2D eigenvalue weighted by atomic mass is 9.84. The van der Waals surface area contributed by atoms with Gasteiger partial charge in [-0.3, -0.25) is 9.59 Å². The minimum absolute atomic E-state index is 0.260. The summed E-state index contributed by atoms with van der Waals surface area (Å²) >= 11 is 6.10. The van der Waals surface area contributed by atoms with E-state index in [1.54, 1.807) is 0 Å². The number of methoxy groups -OCH3 is 2. The molecule has 0 aromatic heterocycles. The van der Waals surface area contributed by atoms with Gasteiger partial charge in [-0.05, 0) is 25.0 Å². The molecule has 6 nitrogen and oxygen atoms in total. The molecular weight excluding hydrogens is 322 g/mol. The van der Waals surface area contributed by atoms with Crippen molar-refractivity contribution in [1.82, 2.24) is 5.32 Å². The Labute approximate surface area is 139 Å². The van der Waals surface area contributed by atoms with Crippen LogP contribution in [-0.4, -0.2) is 37.2 Å². The fourth-order valence-corrected chi connectivity index (χ4v) is 3.19. The van der Waals surface area contributed by atoms with E-state index in [1.807, 2.05) is 0 Å². The largest absolute Gasteiger partial charge is 0.493 e. The Morgan fingerprint density at radius 2 is 1.91 bits per heavy atom. The van der Waals surface area contributed by atoms with E-state index in [1.165, 1.54) is 26.4 Å². The Morgan fingerprint density at radius 1 is 1.22 bits per heavy atom. The van der Waals surface area contributed by atoms with Gasteiger partial charge in [0, 0.05) is 11.6 Å². The van der Waals surface area contributed by atoms with Crippen LogP contribution in [0.5, 0.6) is 11.5 Å². The molecule has 1 aliphatic carbocycles. The maximum Gasteiger partial charge on any atom is 0.308 e. The van der Waals surface area contributed by atoms with Crippen LogP contribution >= 0.6 is 11.6 Å². The number of hydrogen-bond acceptors (Lipinski definition) is 4. The highest BCUT2D eigenvalue weighted by Gasteiger charge is 2.32. The molecule has 2 rings (SSSR count). The first kappa shape index (κ1) is 17.4. The van der Waals surface area contributed by atoms with Gasteiger partial charge in [-0.25, -0.2) is 0 Å². The van der Waals surface area contributed by atoms with Crippen LogP contribution in [0.4, 0.5) is 0 Å². The van der Waals surface area contributed by atoms with Gasteiger partial charge in [-0.1, -0.05) is 24.4 Å². The molecule has 0 bridgehead atoms. The highest BCUT2D eigenvalue weighted by Crippen LogP contribution is 2.36. The molecule has 1 amide bonds. The van der Waals surface area contributed by atoms with Gasteiger partial charge in [0.15, 0.2) is 11.5 Å². The lowest BCUT2D eigenvalue weighted by Crippen LogP contribution is -2.45. The van der Waals surface area contributed by atoms with Gasteiger partial charge < -0.3 is 19.9 Å². The second-order valence-corrected chi connectivity index (χ2v) is 5.91. The topological polar surface area (TPSA) is 84.9 Å². The number of carboxylic acid groups (broad SMARTS) is 1. The fraction of sp³-hybridized carbons (Fsp3) is 0.500. The van der Waals surface area contributed by atoms with Gasteiger partial charge in [0.1, 0.15) is 0 Å². The summed E-state index contributed by atoms with van der Waals surface area (Å²) in [6.45, 7) is 0. The molecule has 1 aliphatic rings. The molecule has 1 aromatic carbocycles. The summed E-state index contributed by atoms with van der Waals surface area (Å²) in [5, 5.41) is 12.3. The zero-order valence-electron chi connectivity index (χ0n) is 13.1. The van der Waals surface area contributed by atoms with Gasteiger partial charge in [-0.2, -0.15) is 0 Å². The van der Waals surface area contributed by atoms with Crippen LogP contribution in [0.1, 0.15) is 36.0 Å². The molecule has 1 fully saturated rings. The van der Waals surface area contributed by atoms with Crippen molar-refractivity contribution in [3.05, 3.63) is 22.7 Å². The average Bonchev–Trinajstić information content (AvgIpc) is 2.54. The van der Waals surface area contributed by atoms with Crippen LogP contribution in [0.2, 0.25) is 5.02 Å². The monoisotopic (exact) mass is 341 g/mol. The Balaban J connectivity index is 2.20. The number of rotatable bonds is 5. The maximum atomic E-state index is 12.4. The molecule has 0 spiro atoms. The summed E-state index contributed by atoms with van der Waals surface area (Å²) in [5.41, 5.74) is 0.308. The highest BCUT2D eigenvalue weighted by atomic mass is 35.5. The van der Waals surface area contributed by atoms with E-state index >= 15 is 0 Å². The third-order valence-electron chi connectivity index (χ3n) is 4.10. The normalized spacial score (nSPS) is 20.7. The van der Waals surface area contributed by atoms with Crippen molar-refractivity contribution in [2.75, 3.05) is 14.2 Å². The number of carbonyl (C=O) groups is 2. The number of ether oxygens (including phenoxy) is 2. The van der Waals surface area contributed by atoms with E-state index in [0.717, 1.165) is 12.8 Å². The molecule has 1 saturated carbocycles. The molecule has 23 heavy (non-hydrogen) atoms. The molecule has 2 atom stereocenters. The number of benzene rings is 1. The predicted octanol–water partition coefficient (Wildman–Crippen LogP) is 2.73. The third-order valence-corrected chi connectivity index (χ3v) is 4.38. The number of carboxylic acids is 1. The summed E-state index contributed by atoms with van der Waals surface area (Å²) in [6.07, 6.45) is 3.00. The molecule has 0 radical (unpaired) electrons. The summed E-state index contributed by atoms with van der Waals surface area (Å²) in [6, 6.07) is 2.63. The van der Waals surface area contributed by atoms with Crippen LogP contribution in [0, 0.1) is 5.92 Å². The van der Waals surface area contributed by atoms with Crippen LogP contribution in [0.15, 0.2) is 12.1 Å². The average molecular weight is 342 g/mol. The summed E-state index contributed by atoms with van der Waals surface area (Å²) in [7, 11) is 2.92. The highest BCUT2D eigenvalue weighted by molar-refractivity contribution is 6.32. The van der Waals surface area contributed by atoms with Gasteiger partial charge in [-0.15, -0.1) is 0 Å². The zero-order valence-corrected chi connectivity index (χ0v) is 13.9. The van der Waals surface area contributed by atoms with Gasteiger partial charge in [0.05, 0.1) is 25.2 Å². The first-order chi connectivity index (χ1) is 11.0. The van der Waals surface area contributed by atoms with Crippen LogP contribution < -0.4 is 14.8 Å². The minimum Gasteiger partial charge on any atom is -0.493 e. The van der Waals surface area contributed by atoms with Crippen molar-refractivity contribution >= 4 is 23.5 Å². The number of nitrogens with one attached hydrogen (secondary N) is 1. The number of aliphatic carboxylic acids is 1. The zero-order chi connectivity index (χ0) is 17.0. The van der Waals surface area contributed by atoms with Crippen molar-refractivity contribution in [3.63, 3.8) is 0 Å². The van der Waals surface area contributed by atoms with Gasteiger partial charge in [0.2, 0.25) is 0 Å². The predicted molar refractivity (Wildman–Crippen MR) is 85.4 cm³/mol. The van der Waals surface area contributed by atoms with E-state index in [4.69, 9.17) is 21.1 Å². The Kier molecular flexibility index (Phi) is 5.71. The lowest BCUT2D eigenvalue weighted by Gasteiger charge is -2.29.